The normalized spacial score (nSPS) is 17.7. The van der Waals surface area contributed by atoms with Crippen molar-refractivity contribution >= 4 is 32.7 Å². The molecule has 0 amide bonds. The van der Waals surface area contributed by atoms with Crippen molar-refractivity contribution < 1.29 is 4.74 Å². The maximum absolute atomic E-state index is 6.69. The second kappa shape index (κ2) is 11.0. The van der Waals surface area contributed by atoms with Crippen LogP contribution in [0.2, 0.25) is 0 Å². The lowest BCUT2D eigenvalue weighted by atomic mass is 9.81. The molecule has 214 valence electrons. The average Bonchev–Trinajstić information content (AvgIpc) is 3.41. The van der Waals surface area contributed by atoms with Gasteiger partial charge in [-0.3, -0.25) is 0 Å². The zero-order valence-electron chi connectivity index (χ0n) is 25.4. The number of rotatable bonds is 5. The first-order valence-electron chi connectivity index (χ1n) is 15.9. The van der Waals surface area contributed by atoms with E-state index in [4.69, 9.17) is 4.74 Å². The molecule has 1 aliphatic carbocycles. The number of allylic oxidation sites excluding steroid dienone is 2. The minimum atomic E-state index is -0.0317. The van der Waals surface area contributed by atoms with Crippen LogP contribution in [0.25, 0.3) is 32.7 Å². The highest BCUT2D eigenvalue weighted by molar-refractivity contribution is 6.14. The third-order valence-electron chi connectivity index (χ3n) is 9.72. The standard InChI is InChI=1S/C43H36O/c1-28-22-24-31(25-23-28)34(43-29(2)32-14-9-10-21-41(32)44-43)26-27-37-35-16-5-7-18-39(35)42(40-19-8-6-17-36(37)40)38-20-11-13-30-12-3-4-15-33(30)38/h3-10,12,14-26,29,43H,11,13,27H2,1-2H3/b34-26-. The molecule has 44 heavy (non-hydrogen) atoms. The fourth-order valence-electron chi connectivity index (χ4n) is 7.50. The summed E-state index contributed by atoms with van der Waals surface area (Å²) in [6, 6.07) is 44.5. The topological polar surface area (TPSA) is 9.23 Å². The fourth-order valence-corrected chi connectivity index (χ4v) is 7.50. The van der Waals surface area contributed by atoms with Crippen LogP contribution in [0.5, 0.6) is 5.75 Å². The predicted molar refractivity (Wildman–Crippen MR) is 185 cm³/mol. The molecule has 0 saturated heterocycles. The number of ether oxygens (including phenoxy) is 1. The van der Waals surface area contributed by atoms with Gasteiger partial charge in [0.2, 0.25) is 0 Å². The Hall–Kier alpha value is -4.88. The van der Waals surface area contributed by atoms with Gasteiger partial charge in [-0.15, -0.1) is 0 Å². The van der Waals surface area contributed by atoms with Crippen molar-refractivity contribution in [3.05, 3.63) is 172 Å². The molecule has 0 bridgehead atoms. The van der Waals surface area contributed by atoms with E-state index in [1.54, 1.807) is 0 Å². The summed E-state index contributed by atoms with van der Waals surface area (Å²) in [6.45, 7) is 4.45. The molecule has 1 aliphatic heterocycles. The van der Waals surface area contributed by atoms with Crippen molar-refractivity contribution in [3.63, 3.8) is 0 Å². The molecule has 8 rings (SSSR count). The van der Waals surface area contributed by atoms with Crippen LogP contribution >= 0.6 is 0 Å². The summed E-state index contributed by atoms with van der Waals surface area (Å²) in [4.78, 5) is 0. The van der Waals surface area contributed by atoms with Gasteiger partial charge >= 0.3 is 0 Å². The van der Waals surface area contributed by atoms with E-state index in [1.807, 2.05) is 0 Å². The first kappa shape index (κ1) is 26.7. The smallest absolute Gasteiger partial charge is 0.131 e. The van der Waals surface area contributed by atoms with Gasteiger partial charge < -0.3 is 4.74 Å². The molecule has 2 unspecified atom stereocenters. The van der Waals surface area contributed by atoms with Gasteiger partial charge in [0.25, 0.3) is 0 Å². The SMILES string of the molecule is Cc1ccc(/C(=C/Cc2c3ccccc3c(C3=CCCc4ccccc43)c3ccccc23)C2Oc3ccccc3C2C)cc1. The Morgan fingerprint density at radius 3 is 2.09 bits per heavy atom. The summed E-state index contributed by atoms with van der Waals surface area (Å²) in [5, 5.41) is 5.31. The average molecular weight is 569 g/mol. The Morgan fingerprint density at radius 1 is 0.727 bits per heavy atom. The Labute approximate surface area is 260 Å². The third kappa shape index (κ3) is 4.47. The lowest BCUT2D eigenvalue weighted by Gasteiger charge is -2.23. The minimum Gasteiger partial charge on any atom is -0.485 e. The summed E-state index contributed by atoms with van der Waals surface area (Å²) in [5.41, 5.74) is 12.0. The van der Waals surface area contributed by atoms with E-state index in [0.717, 1.165) is 25.0 Å². The molecule has 1 heteroatoms. The zero-order valence-corrected chi connectivity index (χ0v) is 25.4. The molecule has 1 heterocycles. The summed E-state index contributed by atoms with van der Waals surface area (Å²) < 4.78 is 6.69. The van der Waals surface area contributed by atoms with Gasteiger partial charge in [-0.1, -0.05) is 140 Å². The van der Waals surface area contributed by atoms with E-state index in [2.05, 4.69) is 147 Å². The van der Waals surface area contributed by atoms with Crippen LogP contribution in [0, 0.1) is 6.92 Å². The number of hydrogen-bond acceptors (Lipinski definition) is 1. The summed E-state index contributed by atoms with van der Waals surface area (Å²) in [7, 11) is 0. The minimum absolute atomic E-state index is 0.0317. The van der Waals surface area contributed by atoms with Gasteiger partial charge in [0.1, 0.15) is 11.9 Å². The molecule has 0 radical (unpaired) electrons. The predicted octanol–water partition coefficient (Wildman–Crippen LogP) is 10.9. The second-order valence-electron chi connectivity index (χ2n) is 12.4. The molecule has 0 aromatic heterocycles. The Morgan fingerprint density at radius 2 is 1.36 bits per heavy atom. The Balaban J connectivity index is 1.31. The van der Waals surface area contributed by atoms with Crippen LogP contribution in [-0.2, 0) is 12.8 Å². The van der Waals surface area contributed by atoms with Crippen LogP contribution in [-0.4, -0.2) is 6.10 Å². The number of benzene rings is 6. The van der Waals surface area contributed by atoms with E-state index < -0.39 is 0 Å². The van der Waals surface area contributed by atoms with Crippen molar-refractivity contribution in [2.75, 3.05) is 0 Å². The third-order valence-corrected chi connectivity index (χ3v) is 9.72. The second-order valence-corrected chi connectivity index (χ2v) is 12.4. The molecule has 6 aromatic carbocycles. The van der Waals surface area contributed by atoms with Crippen molar-refractivity contribution in [1.82, 2.24) is 0 Å². The monoisotopic (exact) mass is 568 g/mol. The summed E-state index contributed by atoms with van der Waals surface area (Å²) in [5.74, 6) is 1.28. The highest BCUT2D eigenvalue weighted by Gasteiger charge is 2.34. The van der Waals surface area contributed by atoms with E-state index in [9.17, 15) is 0 Å². The van der Waals surface area contributed by atoms with Gasteiger partial charge in [-0.2, -0.15) is 0 Å². The van der Waals surface area contributed by atoms with Crippen molar-refractivity contribution in [2.45, 2.75) is 45.1 Å². The summed E-state index contributed by atoms with van der Waals surface area (Å²) in [6.07, 6.45) is 7.87. The Bertz CT molecular complexity index is 2040. The van der Waals surface area contributed by atoms with Crippen molar-refractivity contribution in [1.29, 1.82) is 0 Å². The summed E-state index contributed by atoms with van der Waals surface area (Å²) >= 11 is 0. The maximum Gasteiger partial charge on any atom is 0.131 e. The molecule has 0 fully saturated rings. The van der Waals surface area contributed by atoms with Crippen LogP contribution < -0.4 is 4.74 Å². The van der Waals surface area contributed by atoms with Crippen LogP contribution in [0.15, 0.2) is 133 Å². The largest absolute Gasteiger partial charge is 0.485 e. The van der Waals surface area contributed by atoms with Gasteiger partial charge in [0.05, 0.1) is 0 Å². The fraction of sp³-hybridized carbons (Fsp3) is 0.163. The highest BCUT2D eigenvalue weighted by atomic mass is 16.5. The van der Waals surface area contributed by atoms with Crippen LogP contribution in [0.4, 0.5) is 0 Å². The molecular formula is C43H36O. The van der Waals surface area contributed by atoms with Crippen molar-refractivity contribution in [3.8, 4) is 5.75 Å². The van der Waals surface area contributed by atoms with E-state index >= 15 is 0 Å². The van der Waals surface area contributed by atoms with Crippen LogP contribution in [0.1, 0.15) is 58.2 Å². The van der Waals surface area contributed by atoms with Gasteiger partial charge in [0.15, 0.2) is 0 Å². The lowest BCUT2D eigenvalue weighted by molar-refractivity contribution is 0.271. The first-order valence-corrected chi connectivity index (χ1v) is 15.9. The molecule has 2 aliphatic rings. The molecule has 1 nitrogen and oxygen atoms in total. The molecule has 0 spiro atoms. The molecule has 6 aromatic rings. The molecule has 2 atom stereocenters. The molecular weight excluding hydrogens is 532 g/mol. The van der Waals surface area contributed by atoms with Gasteiger partial charge in [0, 0.05) is 11.5 Å². The lowest BCUT2D eigenvalue weighted by Crippen LogP contribution is -2.19. The number of aryl methyl sites for hydroxylation is 2. The van der Waals surface area contributed by atoms with Gasteiger partial charge in [-0.25, -0.2) is 0 Å². The van der Waals surface area contributed by atoms with E-state index in [1.165, 1.54) is 71.6 Å². The van der Waals surface area contributed by atoms with E-state index in [-0.39, 0.29) is 12.0 Å². The van der Waals surface area contributed by atoms with Crippen LogP contribution in [0.3, 0.4) is 0 Å². The van der Waals surface area contributed by atoms with E-state index in [0.29, 0.717) is 0 Å². The number of hydrogen-bond donors (Lipinski definition) is 0. The number of para-hydroxylation sites is 1. The Kier molecular flexibility index (Phi) is 6.68. The number of fused-ring (bicyclic) bond motifs is 4. The zero-order chi connectivity index (χ0) is 29.6. The van der Waals surface area contributed by atoms with Gasteiger partial charge in [-0.05, 0) is 92.8 Å². The maximum atomic E-state index is 6.69. The first-order chi connectivity index (χ1) is 21.7. The molecule has 0 N–H and O–H groups in total. The quantitative estimate of drug-likeness (QED) is 0.188. The molecule has 0 saturated carbocycles. The highest BCUT2D eigenvalue weighted by Crippen LogP contribution is 2.45. The van der Waals surface area contributed by atoms with Crippen molar-refractivity contribution in [2.24, 2.45) is 0 Å².